The monoisotopic (exact) mass is 382 g/mol. The molecular formula is C14H31IN4. The molecule has 1 aliphatic rings. The van der Waals surface area contributed by atoms with Crippen LogP contribution < -0.4 is 10.6 Å². The van der Waals surface area contributed by atoms with E-state index in [-0.39, 0.29) is 24.0 Å². The summed E-state index contributed by atoms with van der Waals surface area (Å²) in [6.07, 6.45) is 5.13. The van der Waals surface area contributed by atoms with Crippen LogP contribution in [-0.4, -0.2) is 49.6 Å². The van der Waals surface area contributed by atoms with Crippen LogP contribution in [0.15, 0.2) is 4.99 Å². The second-order valence-corrected chi connectivity index (χ2v) is 5.25. The van der Waals surface area contributed by atoms with E-state index >= 15 is 0 Å². The standard InChI is InChI=1S/C14H30N4.HI/c1-5-7-10-16-14(15-6-2)17-11-12(3)18(4)13-8-9-13;/h12-13H,5-11H2,1-4H3,(H2,15,16,17);1H. The van der Waals surface area contributed by atoms with Crippen molar-refractivity contribution >= 4 is 29.9 Å². The van der Waals surface area contributed by atoms with Crippen LogP contribution in [-0.2, 0) is 0 Å². The zero-order valence-electron chi connectivity index (χ0n) is 12.9. The zero-order chi connectivity index (χ0) is 13.4. The maximum atomic E-state index is 4.67. The molecule has 1 saturated carbocycles. The first kappa shape index (κ1) is 19.0. The fourth-order valence-electron chi connectivity index (χ4n) is 1.92. The highest BCUT2D eigenvalue weighted by Gasteiger charge is 2.28. The van der Waals surface area contributed by atoms with Crippen LogP contribution in [0.5, 0.6) is 0 Å². The Labute approximate surface area is 135 Å². The molecule has 0 spiro atoms. The number of nitrogens with one attached hydrogen (secondary N) is 2. The van der Waals surface area contributed by atoms with E-state index in [1.165, 1.54) is 25.7 Å². The number of hydrogen-bond donors (Lipinski definition) is 2. The summed E-state index contributed by atoms with van der Waals surface area (Å²) in [6.45, 7) is 9.38. The van der Waals surface area contributed by atoms with Gasteiger partial charge < -0.3 is 10.6 Å². The van der Waals surface area contributed by atoms with Crippen molar-refractivity contribution in [2.75, 3.05) is 26.7 Å². The quantitative estimate of drug-likeness (QED) is 0.293. The summed E-state index contributed by atoms with van der Waals surface area (Å²) in [5.41, 5.74) is 0. The third kappa shape index (κ3) is 7.97. The molecule has 0 aromatic carbocycles. The maximum Gasteiger partial charge on any atom is 0.191 e. The van der Waals surface area contributed by atoms with Gasteiger partial charge in [-0.1, -0.05) is 13.3 Å². The lowest BCUT2D eigenvalue weighted by Crippen LogP contribution is -2.40. The SMILES string of the molecule is CCCCNC(=NCC(C)N(C)C1CC1)NCC.I. The highest BCUT2D eigenvalue weighted by Crippen LogP contribution is 2.26. The highest BCUT2D eigenvalue weighted by molar-refractivity contribution is 14.0. The Kier molecular flexibility index (Phi) is 10.7. The summed E-state index contributed by atoms with van der Waals surface area (Å²) < 4.78 is 0. The lowest BCUT2D eigenvalue weighted by Gasteiger charge is -2.23. The molecule has 1 rings (SSSR count). The molecule has 0 saturated heterocycles. The van der Waals surface area contributed by atoms with Crippen molar-refractivity contribution in [3.05, 3.63) is 0 Å². The highest BCUT2D eigenvalue weighted by atomic mass is 127. The van der Waals surface area contributed by atoms with Crippen LogP contribution in [0.25, 0.3) is 0 Å². The van der Waals surface area contributed by atoms with Gasteiger partial charge in [0.05, 0.1) is 6.54 Å². The molecule has 0 bridgehead atoms. The number of likely N-dealkylation sites (N-methyl/N-ethyl adjacent to an activating group) is 1. The molecule has 0 aromatic rings. The van der Waals surface area contributed by atoms with Crippen molar-refractivity contribution in [1.29, 1.82) is 0 Å². The van der Waals surface area contributed by atoms with Crippen LogP contribution in [0.3, 0.4) is 0 Å². The van der Waals surface area contributed by atoms with E-state index in [0.717, 1.165) is 31.6 Å². The summed E-state index contributed by atoms with van der Waals surface area (Å²) in [7, 11) is 2.22. The van der Waals surface area contributed by atoms with Gasteiger partial charge in [0.15, 0.2) is 5.96 Å². The maximum absolute atomic E-state index is 4.67. The number of hydrogen-bond acceptors (Lipinski definition) is 2. The van der Waals surface area contributed by atoms with Crippen molar-refractivity contribution in [2.24, 2.45) is 4.99 Å². The third-order valence-corrected chi connectivity index (χ3v) is 3.50. The zero-order valence-corrected chi connectivity index (χ0v) is 15.2. The van der Waals surface area contributed by atoms with Gasteiger partial charge in [-0.25, -0.2) is 0 Å². The molecule has 19 heavy (non-hydrogen) atoms. The molecule has 2 N–H and O–H groups in total. The fourth-order valence-corrected chi connectivity index (χ4v) is 1.92. The van der Waals surface area contributed by atoms with Gasteiger partial charge in [0.25, 0.3) is 0 Å². The van der Waals surface area contributed by atoms with Crippen molar-refractivity contribution in [3.8, 4) is 0 Å². The molecule has 0 aromatic heterocycles. The molecule has 0 amide bonds. The minimum Gasteiger partial charge on any atom is -0.357 e. The Morgan fingerprint density at radius 1 is 1.32 bits per heavy atom. The summed E-state index contributed by atoms with van der Waals surface area (Å²) in [4.78, 5) is 7.13. The number of aliphatic imine (C=N–C) groups is 1. The van der Waals surface area contributed by atoms with Gasteiger partial charge in [-0.15, -0.1) is 24.0 Å². The number of halogens is 1. The number of unbranched alkanes of at least 4 members (excludes halogenated alkanes) is 1. The Hall–Kier alpha value is -0.0400. The van der Waals surface area contributed by atoms with Crippen LogP contribution in [0.1, 0.15) is 46.5 Å². The van der Waals surface area contributed by atoms with Gasteiger partial charge in [-0.05, 0) is 40.2 Å². The van der Waals surface area contributed by atoms with Crippen molar-refractivity contribution in [1.82, 2.24) is 15.5 Å². The first-order valence-electron chi connectivity index (χ1n) is 7.43. The molecule has 1 aliphatic carbocycles. The average molecular weight is 382 g/mol. The summed E-state index contributed by atoms with van der Waals surface area (Å²) in [5.74, 6) is 0.960. The minimum absolute atomic E-state index is 0. The van der Waals surface area contributed by atoms with E-state index < -0.39 is 0 Å². The molecular weight excluding hydrogens is 351 g/mol. The number of rotatable bonds is 8. The molecule has 0 aliphatic heterocycles. The lowest BCUT2D eigenvalue weighted by molar-refractivity contribution is 0.253. The molecule has 1 unspecified atom stereocenters. The van der Waals surface area contributed by atoms with E-state index in [1.807, 2.05) is 0 Å². The molecule has 0 heterocycles. The van der Waals surface area contributed by atoms with E-state index in [1.54, 1.807) is 0 Å². The van der Waals surface area contributed by atoms with Crippen LogP contribution in [0.4, 0.5) is 0 Å². The molecule has 1 atom stereocenters. The molecule has 5 heteroatoms. The van der Waals surface area contributed by atoms with Crippen molar-refractivity contribution < 1.29 is 0 Å². The topological polar surface area (TPSA) is 39.7 Å². The Balaban J connectivity index is 0.00000324. The van der Waals surface area contributed by atoms with Gasteiger partial charge in [-0.2, -0.15) is 0 Å². The van der Waals surface area contributed by atoms with Gasteiger partial charge >= 0.3 is 0 Å². The second kappa shape index (κ2) is 10.7. The van der Waals surface area contributed by atoms with Gasteiger partial charge in [0, 0.05) is 25.2 Å². The molecule has 4 nitrogen and oxygen atoms in total. The molecule has 0 radical (unpaired) electrons. The summed E-state index contributed by atoms with van der Waals surface area (Å²) in [6, 6.07) is 1.34. The molecule has 114 valence electrons. The van der Waals surface area contributed by atoms with Crippen molar-refractivity contribution in [3.63, 3.8) is 0 Å². The smallest absolute Gasteiger partial charge is 0.191 e. The van der Waals surface area contributed by atoms with E-state index in [9.17, 15) is 0 Å². The van der Waals surface area contributed by atoms with E-state index in [4.69, 9.17) is 0 Å². The minimum atomic E-state index is 0. The third-order valence-electron chi connectivity index (χ3n) is 3.50. The fraction of sp³-hybridized carbons (Fsp3) is 0.929. The Morgan fingerprint density at radius 2 is 2.00 bits per heavy atom. The summed E-state index contributed by atoms with van der Waals surface area (Å²) in [5, 5.41) is 6.68. The van der Waals surface area contributed by atoms with Gasteiger partial charge in [0.1, 0.15) is 0 Å². The largest absolute Gasteiger partial charge is 0.357 e. The summed E-state index contributed by atoms with van der Waals surface area (Å²) >= 11 is 0. The van der Waals surface area contributed by atoms with Crippen LogP contribution in [0.2, 0.25) is 0 Å². The number of nitrogens with zero attached hydrogens (tertiary/aromatic N) is 2. The van der Waals surface area contributed by atoms with Crippen molar-refractivity contribution in [2.45, 2.75) is 58.5 Å². The van der Waals surface area contributed by atoms with Crippen LogP contribution in [0, 0.1) is 0 Å². The predicted molar refractivity (Wildman–Crippen MR) is 94.6 cm³/mol. The second-order valence-electron chi connectivity index (χ2n) is 5.25. The van der Waals surface area contributed by atoms with Gasteiger partial charge in [0.2, 0.25) is 0 Å². The normalized spacial score (nSPS) is 17.0. The number of guanidine groups is 1. The van der Waals surface area contributed by atoms with Gasteiger partial charge in [-0.3, -0.25) is 9.89 Å². The van der Waals surface area contributed by atoms with E-state index in [2.05, 4.69) is 48.3 Å². The lowest BCUT2D eigenvalue weighted by atomic mass is 10.3. The van der Waals surface area contributed by atoms with Crippen LogP contribution >= 0.6 is 24.0 Å². The Bertz CT molecular complexity index is 254. The van der Waals surface area contributed by atoms with E-state index in [0.29, 0.717) is 6.04 Å². The Morgan fingerprint density at radius 3 is 2.53 bits per heavy atom. The predicted octanol–water partition coefficient (Wildman–Crippen LogP) is 2.44. The molecule has 1 fully saturated rings. The first-order chi connectivity index (χ1) is 8.69. The first-order valence-corrected chi connectivity index (χ1v) is 7.43. The average Bonchev–Trinajstić information content (AvgIpc) is 3.19.